The van der Waals surface area contributed by atoms with Crippen LogP contribution in [0, 0.1) is 17.2 Å². The van der Waals surface area contributed by atoms with Crippen LogP contribution in [0.25, 0.3) is 0 Å². The van der Waals surface area contributed by atoms with Crippen LogP contribution in [0.4, 0.5) is 5.69 Å². The van der Waals surface area contributed by atoms with Crippen molar-refractivity contribution in [1.29, 1.82) is 5.26 Å². The van der Waals surface area contributed by atoms with Crippen LogP contribution in [0.2, 0.25) is 0 Å². The summed E-state index contributed by atoms with van der Waals surface area (Å²) < 4.78 is 0. The van der Waals surface area contributed by atoms with E-state index in [-0.39, 0.29) is 16.9 Å². The maximum absolute atomic E-state index is 12.9. The van der Waals surface area contributed by atoms with Crippen molar-refractivity contribution in [3.05, 3.63) is 77.5 Å². The van der Waals surface area contributed by atoms with Gasteiger partial charge in [0.05, 0.1) is 0 Å². The van der Waals surface area contributed by atoms with Gasteiger partial charge in [0.25, 0.3) is 5.91 Å². The van der Waals surface area contributed by atoms with Gasteiger partial charge in [0.2, 0.25) is 0 Å². The molecule has 1 saturated heterocycles. The van der Waals surface area contributed by atoms with E-state index in [4.69, 9.17) is 0 Å². The van der Waals surface area contributed by atoms with E-state index >= 15 is 0 Å². The molecule has 0 saturated carbocycles. The number of nitriles is 1. The standard InChI is InChI=1S/C26H31N3O/c1-26(2,3)23-11-7-8-12-24(23)28-19-22(18-27)25(30)29-15-13-21(14-16-29)17-20-9-5-4-6-10-20/h4-12,19,21,28H,13-17H2,1-3H3/b22-19-. The fraction of sp³-hybridized carbons (Fsp3) is 0.385. The number of nitrogens with zero attached hydrogens (tertiary/aromatic N) is 2. The molecular formula is C26H31N3O. The van der Waals surface area contributed by atoms with Crippen molar-refractivity contribution in [3.63, 3.8) is 0 Å². The molecule has 0 radical (unpaired) electrons. The molecule has 4 nitrogen and oxygen atoms in total. The molecular weight excluding hydrogens is 370 g/mol. The van der Waals surface area contributed by atoms with Gasteiger partial charge >= 0.3 is 0 Å². The number of piperidine rings is 1. The summed E-state index contributed by atoms with van der Waals surface area (Å²) in [4.78, 5) is 14.7. The van der Waals surface area contributed by atoms with E-state index in [2.05, 4.69) is 62.5 Å². The number of nitrogens with one attached hydrogen (secondary N) is 1. The first-order valence-electron chi connectivity index (χ1n) is 10.7. The Hall–Kier alpha value is -3.06. The molecule has 1 aliphatic heterocycles. The number of anilines is 1. The Morgan fingerprint density at radius 2 is 1.73 bits per heavy atom. The Kier molecular flexibility index (Phi) is 6.95. The number of para-hydroxylation sites is 1. The summed E-state index contributed by atoms with van der Waals surface area (Å²) in [6, 6.07) is 20.6. The number of carbonyl (C=O) groups excluding carboxylic acids is 1. The fourth-order valence-electron chi connectivity index (χ4n) is 4.01. The van der Waals surface area contributed by atoms with Crippen molar-refractivity contribution < 1.29 is 4.79 Å². The summed E-state index contributed by atoms with van der Waals surface area (Å²) in [5.41, 5.74) is 3.54. The van der Waals surface area contributed by atoms with Crippen molar-refractivity contribution >= 4 is 11.6 Å². The average Bonchev–Trinajstić information content (AvgIpc) is 2.75. The van der Waals surface area contributed by atoms with Crippen molar-refractivity contribution in [3.8, 4) is 6.07 Å². The highest BCUT2D eigenvalue weighted by atomic mass is 16.2. The van der Waals surface area contributed by atoms with Gasteiger partial charge in [0.15, 0.2) is 0 Å². The molecule has 2 aromatic rings. The van der Waals surface area contributed by atoms with Crippen molar-refractivity contribution in [2.45, 2.75) is 45.4 Å². The second kappa shape index (κ2) is 9.63. The van der Waals surface area contributed by atoms with Gasteiger partial charge in [0, 0.05) is 25.0 Å². The molecule has 1 amide bonds. The summed E-state index contributed by atoms with van der Waals surface area (Å²) >= 11 is 0. The predicted octanol–water partition coefficient (Wildman–Crippen LogP) is 5.28. The lowest BCUT2D eigenvalue weighted by atomic mass is 9.86. The highest BCUT2D eigenvalue weighted by Crippen LogP contribution is 2.29. The van der Waals surface area contributed by atoms with Gasteiger partial charge in [-0.1, -0.05) is 69.3 Å². The SMILES string of the molecule is CC(C)(C)c1ccccc1N/C=C(/C#N)C(=O)N1CCC(Cc2ccccc2)CC1. The van der Waals surface area contributed by atoms with Crippen molar-refractivity contribution in [2.24, 2.45) is 5.92 Å². The molecule has 0 unspecified atom stereocenters. The number of carbonyl (C=O) groups is 1. The number of amides is 1. The maximum atomic E-state index is 12.9. The first-order chi connectivity index (χ1) is 14.4. The Bertz CT molecular complexity index is 927. The van der Waals surface area contributed by atoms with Crippen LogP contribution in [-0.4, -0.2) is 23.9 Å². The first kappa shape index (κ1) is 21.6. The van der Waals surface area contributed by atoms with Crippen LogP contribution in [0.1, 0.15) is 44.7 Å². The second-order valence-electron chi connectivity index (χ2n) is 9.04. The van der Waals surface area contributed by atoms with Gasteiger partial charge in [-0.2, -0.15) is 5.26 Å². The van der Waals surface area contributed by atoms with Gasteiger partial charge < -0.3 is 10.2 Å². The normalized spacial score (nSPS) is 15.5. The van der Waals surface area contributed by atoms with Crippen LogP contribution < -0.4 is 5.32 Å². The lowest BCUT2D eigenvalue weighted by Crippen LogP contribution is -2.39. The minimum Gasteiger partial charge on any atom is -0.360 e. The molecule has 0 spiro atoms. The molecule has 4 heteroatoms. The summed E-state index contributed by atoms with van der Waals surface area (Å²) in [6.07, 6.45) is 4.55. The van der Waals surface area contributed by atoms with Crippen LogP contribution >= 0.6 is 0 Å². The van der Waals surface area contributed by atoms with Crippen LogP contribution in [-0.2, 0) is 16.6 Å². The molecule has 3 rings (SSSR count). The molecule has 2 aromatic carbocycles. The third-order valence-corrected chi connectivity index (χ3v) is 5.73. The summed E-state index contributed by atoms with van der Waals surface area (Å²) in [6.45, 7) is 7.84. The highest BCUT2D eigenvalue weighted by molar-refractivity contribution is 5.97. The molecule has 0 bridgehead atoms. The van der Waals surface area contributed by atoms with Crippen molar-refractivity contribution in [1.82, 2.24) is 4.90 Å². The lowest BCUT2D eigenvalue weighted by molar-refractivity contribution is -0.128. The Morgan fingerprint density at radius 1 is 1.10 bits per heavy atom. The van der Waals surface area contributed by atoms with E-state index in [0.29, 0.717) is 19.0 Å². The van der Waals surface area contributed by atoms with E-state index in [1.165, 1.54) is 5.56 Å². The minimum absolute atomic E-state index is 0.0329. The number of rotatable bonds is 5. The van der Waals surface area contributed by atoms with Gasteiger partial charge in [-0.15, -0.1) is 0 Å². The third-order valence-electron chi connectivity index (χ3n) is 5.73. The summed E-state index contributed by atoms with van der Waals surface area (Å²) in [5.74, 6) is 0.402. The van der Waals surface area contributed by atoms with E-state index < -0.39 is 0 Å². The molecule has 0 aliphatic carbocycles. The zero-order chi connectivity index (χ0) is 21.6. The highest BCUT2D eigenvalue weighted by Gasteiger charge is 2.25. The lowest BCUT2D eigenvalue weighted by Gasteiger charge is -2.32. The Balaban J connectivity index is 1.61. The van der Waals surface area contributed by atoms with Crippen LogP contribution in [0.3, 0.4) is 0 Å². The minimum atomic E-state index is -0.184. The van der Waals surface area contributed by atoms with Gasteiger partial charge in [-0.05, 0) is 47.8 Å². The van der Waals surface area contributed by atoms with Gasteiger partial charge in [-0.25, -0.2) is 0 Å². The number of benzene rings is 2. The smallest absolute Gasteiger partial charge is 0.266 e. The molecule has 1 fully saturated rings. The van der Waals surface area contributed by atoms with Crippen molar-refractivity contribution in [2.75, 3.05) is 18.4 Å². The topological polar surface area (TPSA) is 56.1 Å². The molecule has 1 N–H and O–H groups in total. The zero-order valence-corrected chi connectivity index (χ0v) is 18.2. The molecule has 1 heterocycles. The monoisotopic (exact) mass is 401 g/mol. The van der Waals surface area contributed by atoms with E-state index in [1.54, 1.807) is 6.20 Å². The fourth-order valence-corrected chi connectivity index (χ4v) is 4.01. The summed E-state index contributed by atoms with van der Waals surface area (Å²) in [7, 11) is 0. The molecule has 30 heavy (non-hydrogen) atoms. The largest absolute Gasteiger partial charge is 0.360 e. The number of likely N-dealkylation sites (tertiary alicyclic amines) is 1. The maximum Gasteiger partial charge on any atom is 0.266 e. The molecule has 0 atom stereocenters. The Morgan fingerprint density at radius 3 is 2.37 bits per heavy atom. The average molecular weight is 402 g/mol. The van der Waals surface area contributed by atoms with Crippen LogP contribution in [0.15, 0.2) is 66.4 Å². The van der Waals surface area contributed by atoms with Crippen LogP contribution in [0.5, 0.6) is 0 Å². The first-order valence-corrected chi connectivity index (χ1v) is 10.7. The van der Waals surface area contributed by atoms with Gasteiger partial charge in [0.1, 0.15) is 11.6 Å². The second-order valence-corrected chi connectivity index (χ2v) is 9.04. The third kappa shape index (κ3) is 5.51. The van der Waals surface area contributed by atoms with Gasteiger partial charge in [-0.3, -0.25) is 4.79 Å². The quantitative estimate of drug-likeness (QED) is 0.547. The predicted molar refractivity (Wildman–Crippen MR) is 122 cm³/mol. The molecule has 0 aromatic heterocycles. The molecule has 1 aliphatic rings. The van der Waals surface area contributed by atoms with E-state index in [1.807, 2.05) is 29.2 Å². The van der Waals surface area contributed by atoms with E-state index in [0.717, 1.165) is 30.5 Å². The number of hydrogen-bond donors (Lipinski definition) is 1. The number of hydrogen-bond acceptors (Lipinski definition) is 3. The van der Waals surface area contributed by atoms with E-state index in [9.17, 15) is 10.1 Å². The summed E-state index contributed by atoms with van der Waals surface area (Å²) in [5, 5.41) is 12.8. The Labute approximate surface area is 180 Å². The zero-order valence-electron chi connectivity index (χ0n) is 18.2. The molecule has 156 valence electrons.